The van der Waals surface area contributed by atoms with Gasteiger partial charge in [-0.05, 0) is 18.9 Å². The summed E-state index contributed by atoms with van der Waals surface area (Å²) in [6, 6.07) is 0. The Labute approximate surface area is 83.8 Å². The van der Waals surface area contributed by atoms with Crippen LogP contribution in [0.5, 0.6) is 0 Å². The van der Waals surface area contributed by atoms with E-state index in [0.717, 1.165) is 26.1 Å². The smallest absolute Gasteiger partial charge is 0.0688 e. The third-order valence-electron chi connectivity index (χ3n) is 3.03. The first-order chi connectivity index (χ1) is 6.95. The number of aromatic nitrogens is 2. The highest BCUT2D eigenvalue weighted by molar-refractivity contribution is 5.52. The molecule has 0 spiro atoms. The van der Waals surface area contributed by atoms with E-state index in [1.807, 2.05) is 0 Å². The number of fused-ring (bicyclic) bond motifs is 3. The molecule has 0 aliphatic carbocycles. The van der Waals surface area contributed by atoms with Crippen LogP contribution < -0.4 is 5.32 Å². The molecule has 0 amide bonds. The number of rotatable bonds is 0. The highest BCUT2D eigenvalue weighted by atomic mass is 15.3. The Bertz CT molecular complexity index is 376. The van der Waals surface area contributed by atoms with Crippen LogP contribution in [0.3, 0.4) is 0 Å². The van der Waals surface area contributed by atoms with Crippen LogP contribution in [0.1, 0.15) is 29.8 Å². The molecule has 0 saturated carbocycles. The summed E-state index contributed by atoms with van der Waals surface area (Å²) in [4.78, 5) is 0. The first kappa shape index (κ1) is 8.24. The SMILES string of the molecule is C1=Cc2c3c(nn2CCC1)CCNC3. The Morgan fingerprint density at radius 2 is 2.43 bits per heavy atom. The first-order valence-electron chi connectivity index (χ1n) is 5.41. The van der Waals surface area contributed by atoms with E-state index in [1.54, 1.807) is 0 Å². The van der Waals surface area contributed by atoms with Gasteiger partial charge < -0.3 is 5.32 Å². The van der Waals surface area contributed by atoms with Gasteiger partial charge in [-0.25, -0.2) is 0 Å². The number of aryl methyl sites for hydroxylation is 1. The second-order valence-electron chi connectivity index (χ2n) is 4.01. The zero-order chi connectivity index (χ0) is 9.38. The van der Waals surface area contributed by atoms with Crippen LogP contribution in [0.15, 0.2) is 6.08 Å². The lowest BCUT2D eigenvalue weighted by Crippen LogP contribution is -2.23. The fourth-order valence-corrected chi connectivity index (χ4v) is 2.29. The minimum Gasteiger partial charge on any atom is -0.312 e. The Morgan fingerprint density at radius 3 is 3.43 bits per heavy atom. The molecular formula is C11H15N3. The largest absolute Gasteiger partial charge is 0.312 e. The van der Waals surface area contributed by atoms with Crippen molar-refractivity contribution in [3.05, 3.63) is 23.0 Å². The molecule has 0 radical (unpaired) electrons. The first-order valence-corrected chi connectivity index (χ1v) is 5.41. The van der Waals surface area contributed by atoms with Crippen LogP contribution in [0, 0.1) is 0 Å². The van der Waals surface area contributed by atoms with Crippen LogP contribution in [0.25, 0.3) is 6.08 Å². The molecule has 1 N–H and O–H groups in total. The predicted octanol–water partition coefficient (Wildman–Crippen LogP) is 1.34. The van der Waals surface area contributed by atoms with Crippen molar-refractivity contribution >= 4 is 6.08 Å². The van der Waals surface area contributed by atoms with Crippen molar-refractivity contribution in [3.63, 3.8) is 0 Å². The van der Waals surface area contributed by atoms with E-state index < -0.39 is 0 Å². The maximum absolute atomic E-state index is 4.68. The average molecular weight is 189 g/mol. The summed E-state index contributed by atoms with van der Waals surface area (Å²) in [6.07, 6.45) is 8.01. The molecule has 3 heterocycles. The zero-order valence-corrected chi connectivity index (χ0v) is 8.29. The highest BCUT2D eigenvalue weighted by Crippen LogP contribution is 2.22. The lowest BCUT2D eigenvalue weighted by atomic mass is 10.1. The normalized spacial score (nSPS) is 20.0. The molecule has 0 bridgehead atoms. The molecule has 0 fully saturated rings. The van der Waals surface area contributed by atoms with Crippen molar-refractivity contribution in [2.75, 3.05) is 6.54 Å². The summed E-state index contributed by atoms with van der Waals surface area (Å²) in [5, 5.41) is 8.09. The Hall–Kier alpha value is -1.09. The van der Waals surface area contributed by atoms with Crippen LogP contribution in [-0.4, -0.2) is 16.3 Å². The maximum atomic E-state index is 4.68. The van der Waals surface area contributed by atoms with Crippen molar-refractivity contribution in [2.45, 2.75) is 32.4 Å². The van der Waals surface area contributed by atoms with Gasteiger partial charge in [0.15, 0.2) is 0 Å². The summed E-state index contributed by atoms with van der Waals surface area (Å²) in [5.74, 6) is 0. The van der Waals surface area contributed by atoms with E-state index in [4.69, 9.17) is 0 Å². The van der Waals surface area contributed by atoms with Gasteiger partial charge in [-0.15, -0.1) is 0 Å². The Kier molecular flexibility index (Phi) is 1.91. The summed E-state index contributed by atoms with van der Waals surface area (Å²) in [6.45, 7) is 3.15. The molecule has 2 aliphatic rings. The van der Waals surface area contributed by atoms with E-state index in [-0.39, 0.29) is 0 Å². The molecule has 2 aliphatic heterocycles. The van der Waals surface area contributed by atoms with Gasteiger partial charge in [-0.1, -0.05) is 6.08 Å². The second kappa shape index (κ2) is 3.24. The number of nitrogens with zero attached hydrogens (tertiary/aromatic N) is 2. The fourth-order valence-electron chi connectivity index (χ4n) is 2.29. The monoisotopic (exact) mass is 189 g/mol. The van der Waals surface area contributed by atoms with E-state index >= 15 is 0 Å². The van der Waals surface area contributed by atoms with Crippen LogP contribution in [-0.2, 0) is 19.5 Å². The van der Waals surface area contributed by atoms with Gasteiger partial charge in [-0.2, -0.15) is 5.10 Å². The fraction of sp³-hybridized carbons (Fsp3) is 0.545. The standard InChI is InChI=1S/C11H15N3/c1-2-4-11-9-8-12-6-5-10(9)13-14(11)7-3-1/h2,4,12H,1,3,5-8H2. The number of hydrogen-bond donors (Lipinski definition) is 1. The van der Waals surface area contributed by atoms with Crippen molar-refractivity contribution in [3.8, 4) is 0 Å². The van der Waals surface area contributed by atoms with Crippen molar-refractivity contribution in [1.29, 1.82) is 0 Å². The zero-order valence-electron chi connectivity index (χ0n) is 8.29. The molecule has 0 atom stereocenters. The summed E-state index contributed by atoms with van der Waals surface area (Å²) >= 11 is 0. The van der Waals surface area contributed by atoms with Gasteiger partial charge >= 0.3 is 0 Å². The van der Waals surface area contributed by atoms with Crippen LogP contribution in [0.4, 0.5) is 0 Å². The molecule has 3 heteroatoms. The average Bonchev–Trinajstić information content (AvgIpc) is 2.42. The van der Waals surface area contributed by atoms with E-state index in [2.05, 4.69) is 27.2 Å². The molecule has 3 nitrogen and oxygen atoms in total. The lowest BCUT2D eigenvalue weighted by Gasteiger charge is -2.11. The van der Waals surface area contributed by atoms with E-state index in [1.165, 1.54) is 29.8 Å². The third kappa shape index (κ3) is 1.20. The van der Waals surface area contributed by atoms with Crippen molar-refractivity contribution in [2.24, 2.45) is 0 Å². The van der Waals surface area contributed by atoms with Gasteiger partial charge in [0.2, 0.25) is 0 Å². The van der Waals surface area contributed by atoms with Crippen LogP contribution in [0.2, 0.25) is 0 Å². The lowest BCUT2D eigenvalue weighted by molar-refractivity contribution is 0.575. The molecule has 14 heavy (non-hydrogen) atoms. The molecule has 3 rings (SSSR count). The van der Waals surface area contributed by atoms with Gasteiger partial charge in [0.25, 0.3) is 0 Å². The Morgan fingerprint density at radius 1 is 1.43 bits per heavy atom. The number of hydrogen-bond acceptors (Lipinski definition) is 2. The molecule has 0 saturated heterocycles. The third-order valence-corrected chi connectivity index (χ3v) is 3.03. The maximum Gasteiger partial charge on any atom is 0.0688 e. The minimum absolute atomic E-state index is 0.995. The van der Waals surface area contributed by atoms with Gasteiger partial charge in [-0.3, -0.25) is 4.68 Å². The Balaban J connectivity index is 2.12. The molecule has 0 unspecified atom stereocenters. The number of nitrogens with one attached hydrogen (secondary N) is 1. The van der Waals surface area contributed by atoms with Gasteiger partial charge in [0.1, 0.15) is 0 Å². The molecular weight excluding hydrogens is 174 g/mol. The van der Waals surface area contributed by atoms with Gasteiger partial charge in [0.05, 0.1) is 11.4 Å². The minimum atomic E-state index is 0.995. The summed E-state index contributed by atoms with van der Waals surface area (Å²) < 4.78 is 2.18. The van der Waals surface area contributed by atoms with Crippen LogP contribution >= 0.6 is 0 Å². The summed E-state index contributed by atoms with van der Waals surface area (Å²) in [5.41, 5.74) is 4.07. The van der Waals surface area contributed by atoms with E-state index in [9.17, 15) is 0 Å². The predicted molar refractivity (Wildman–Crippen MR) is 55.9 cm³/mol. The van der Waals surface area contributed by atoms with Crippen molar-refractivity contribution in [1.82, 2.24) is 15.1 Å². The quantitative estimate of drug-likeness (QED) is 0.667. The highest BCUT2D eigenvalue weighted by Gasteiger charge is 2.18. The topological polar surface area (TPSA) is 29.9 Å². The molecule has 1 aromatic rings. The second-order valence-corrected chi connectivity index (χ2v) is 4.01. The molecule has 74 valence electrons. The molecule has 1 aromatic heterocycles. The molecule has 0 aromatic carbocycles. The van der Waals surface area contributed by atoms with Gasteiger partial charge in [0, 0.05) is 31.6 Å². The van der Waals surface area contributed by atoms with Crippen molar-refractivity contribution < 1.29 is 0 Å². The number of allylic oxidation sites excluding steroid dienone is 1. The summed E-state index contributed by atoms with van der Waals surface area (Å²) in [7, 11) is 0. The van der Waals surface area contributed by atoms with E-state index in [0.29, 0.717) is 0 Å².